The smallest absolute Gasteiger partial charge is 0.251 e. The molecule has 3 heteroatoms. The molecule has 0 amide bonds. The number of hydrogen-bond donors (Lipinski definition) is 0. The van der Waals surface area contributed by atoms with E-state index in [1.165, 1.54) is 5.56 Å². The molecule has 0 saturated heterocycles. The molecule has 1 aromatic carbocycles. The quantitative estimate of drug-likeness (QED) is 0.683. The highest BCUT2D eigenvalue weighted by Crippen LogP contribution is 2.18. The van der Waals surface area contributed by atoms with Gasteiger partial charge < -0.3 is 4.74 Å². The predicted octanol–water partition coefficient (Wildman–Crippen LogP) is 2.48. The summed E-state index contributed by atoms with van der Waals surface area (Å²) in [7, 11) is 0. The fourth-order valence-corrected chi connectivity index (χ4v) is 1.78. The lowest BCUT2D eigenvalue weighted by molar-refractivity contribution is 0.565. The van der Waals surface area contributed by atoms with Crippen molar-refractivity contribution in [3.8, 4) is 5.75 Å². The van der Waals surface area contributed by atoms with Crippen LogP contribution in [0.3, 0.4) is 0 Å². The number of nitrogens with zero attached hydrogens (tertiary/aromatic N) is 1. The largest absolute Gasteiger partial charge is 0.434 e. The molecular weight excluding hydrogens is 182 g/mol. The maximum absolute atomic E-state index is 5.54. The zero-order chi connectivity index (χ0) is 9.10. The van der Waals surface area contributed by atoms with Gasteiger partial charge in [-0.2, -0.15) is 0 Å². The molecule has 0 radical (unpaired) electrons. The van der Waals surface area contributed by atoms with Crippen LogP contribution in [-0.4, -0.2) is 17.5 Å². The van der Waals surface area contributed by atoms with Crippen LogP contribution in [0.2, 0.25) is 0 Å². The zero-order valence-corrected chi connectivity index (χ0v) is 8.30. The number of benzene rings is 1. The molecule has 1 aromatic rings. The summed E-state index contributed by atoms with van der Waals surface area (Å²) in [5.74, 6) is 1.92. The van der Waals surface area contributed by atoms with Crippen molar-refractivity contribution in [2.75, 3.05) is 12.3 Å². The van der Waals surface area contributed by atoms with Crippen molar-refractivity contribution in [2.45, 2.75) is 6.92 Å². The standard InChI is InChI=1S/C10H11NOS/c1-8-2-4-9(5-3-8)12-10-11-6-7-13-10/h2-5H,6-7H2,1H3. The molecule has 1 aliphatic rings. The summed E-state index contributed by atoms with van der Waals surface area (Å²) in [6.07, 6.45) is 0. The first kappa shape index (κ1) is 8.63. The Bertz CT molecular complexity index is 318. The molecule has 2 nitrogen and oxygen atoms in total. The molecule has 68 valence electrons. The van der Waals surface area contributed by atoms with Crippen LogP contribution in [0.5, 0.6) is 5.75 Å². The lowest BCUT2D eigenvalue weighted by atomic mass is 10.2. The van der Waals surface area contributed by atoms with Crippen molar-refractivity contribution in [2.24, 2.45) is 4.99 Å². The Kier molecular flexibility index (Phi) is 2.54. The van der Waals surface area contributed by atoms with Crippen LogP contribution < -0.4 is 4.74 Å². The summed E-state index contributed by atoms with van der Waals surface area (Å²) in [6.45, 7) is 2.94. The van der Waals surface area contributed by atoms with Crippen LogP contribution in [0.4, 0.5) is 0 Å². The maximum Gasteiger partial charge on any atom is 0.251 e. The third kappa shape index (κ3) is 2.25. The van der Waals surface area contributed by atoms with Gasteiger partial charge in [-0.3, -0.25) is 0 Å². The SMILES string of the molecule is Cc1ccc(OC2=NCCS2)cc1. The van der Waals surface area contributed by atoms with E-state index >= 15 is 0 Å². The van der Waals surface area contributed by atoms with Gasteiger partial charge in [0.25, 0.3) is 5.23 Å². The molecule has 0 saturated carbocycles. The van der Waals surface area contributed by atoms with Crippen LogP contribution in [0, 0.1) is 6.92 Å². The average Bonchev–Trinajstić information content (AvgIpc) is 2.62. The third-order valence-electron chi connectivity index (χ3n) is 1.78. The van der Waals surface area contributed by atoms with Gasteiger partial charge in [-0.1, -0.05) is 29.5 Å². The molecule has 2 rings (SSSR count). The van der Waals surface area contributed by atoms with E-state index in [4.69, 9.17) is 4.74 Å². The van der Waals surface area contributed by atoms with Gasteiger partial charge in [0, 0.05) is 5.75 Å². The molecule has 0 aromatic heterocycles. The van der Waals surface area contributed by atoms with Crippen molar-refractivity contribution in [3.63, 3.8) is 0 Å². The second kappa shape index (κ2) is 3.83. The van der Waals surface area contributed by atoms with E-state index in [1.807, 2.05) is 24.3 Å². The minimum atomic E-state index is 0.795. The van der Waals surface area contributed by atoms with Crippen molar-refractivity contribution in [1.29, 1.82) is 0 Å². The van der Waals surface area contributed by atoms with Gasteiger partial charge in [0.15, 0.2) is 0 Å². The topological polar surface area (TPSA) is 21.6 Å². The predicted molar refractivity (Wildman–Crippen MR) is 56.6 cm³/mol. The van der Waals surface area contributed by atoms with Gasteiger partial charge in [-0.05, 0) is 19.1 Å². The van der Waals surface area contributed by atoms with Gasteiger partial charge in [-0.25, -0.2) is 4.99 Å². The molecule has 0 atom stereocenters. The van der Waals surface area contributed by atoms with Gasteiger partial charge >= 0.3 is 0 Å². The number of aliphatic imine (C=N–C) groups is 1. The lowest BCUT2D eigenvalue weighted by Gasteiger charge is -2.03. The molecule has 0 fully saturated rings. The van der Waals surface area contributed by atoms with E-state index in [0.717, 1.165) is 23.3 Å². The zero-order valence-electron chi connectivity index (χ0n) is 7.49. The Labute approximate surface area is 82.0 Å². The van der Waals surface area contributed by atoms with E-state index < -0.39 is 0 Å². The molecule has 1 aliphatic heterocycles. The molecule has 0 unspecified atom stereocenters. The van der Waals surface area contributed by atoms with Crippen molar-refractivity contribution in [1.82, 2.24) is 0 Å². The van der Waals surface area contributed by atoms with Gasteiger partial charge in [-0.15, -0.1) is 0 Å². The Hall–Kier alpha value is -0.960. The number of rotatable bonds is 1. The molecule has 0 bridgehead atoms. The minimum absolute atomic E-state index is 0.795. The molecule has 1 heterocycles. The van der Waals surface area contributed by atoms with Crippen LogP contribution in [0.25, 0.3) is 0 Å². The van der Waals surface area contributed by atoms with Crippen molar-refractivity contribution in [3.05, 3.63) is 29.8 Å². The summed E-state index contributed by atoms with van der Waals surface area (Å²) in [5, 5.41) is 0.795. The molecular formula is C10H11NOS. The van der Waals surface area contributed by atoms with E-state index in [0.29, 0.717) is 0 Å². The van der Waals surface area contributed by atoms with Gasteiger partial charge in [0.1, 0.15) is 5.75 Å². The number of aryl methyl sites for hydroxylation is 1. The second-order valence-corrected chi connectivity index (χ2v) is 3.96. The van der Waals surface area contributed by atoms with Gasteiger partial charge in [0.05, 0.1) is 6.54 Å². The van der Waals surface area contributed by atoms with E-state index in [1.54, 1.807) is 11.8 Å². The van der Waals surface area contributed by atoms with Crippen LogP contribution >= 0.6 is 11.8 Å². The van der Waals surface area contributed by atoms with E-state index in [9.17, 15) is 0 Å². The highest BCUT2D eigenvalue weighted by molar-refractivity contribution is 8.13. The number of hydrogen-bond acceptors (Lipinski definition) is 3. The molecule has 13 heavy (non-hydrogen) atoms. The number of ether oxygens (including phenoxy) is 1. The monoisotopic (exact) mass is 193 g/mol. The maximum atomic E-state index is 5.54. The number of thioether (sulfide) groups is 1. The van der Waals surface area contributed by atoms with E-state index in [-0.39, 0.29) is 0 Å². The first-order valence-corrected chi connectivity index (χ1v) is 5.25. The molecule has 0 spiro atoms. The Morgan fingerprint density at radius 3 is 2.69 bits per heavy atom. The van der Waals surface area contributed by atoms with Crippen LogP contribution in [0.1, 0.15) is 5.56 Å². The second-order valence-electron chi connectivity index (χ2n) is 2.91. The molecule has 0 aliphatic carbocycles. The third-order valence-corrected chi connectivity index (χ3v) is 2.63. The minimum Gasteiger partial charge on any atom is -0.434 e. The average molecular weight is 193 g/mol. The summed E-state index contributed by atoms with van der Waals surface area (Å²) >= 11 is 1.67. The van der Waals surface area contributed by atoms with Crippen LogP contribution in [-0.2, 0) is 0 Å². The normalized spacial score (nSPS) is 15.6. The Morgan fingerprint density at radius 2 is 2.08 bits per heavy atom. The Balaban J connectivity index is 2.05. The molecule has 0 N–H and O–H groups in total. The van der Waals surface area contributed by atoms with Crippen molar-refractivity contribution >= 4 is 17.0 Å². The highest BCUT2D eigenvalue weighted by Gasteiger charge is 2.08. The first-order valence-electron chi connectivity index (χ1n) is 4.26. The van der Waals surface area contributed by atoms with Crippen molar-refractivity contribution < 1.29 is 4.74 Å². The fourth-order valence-electron chi connectivity index (χ4n) is 1.08. The van der Waals surface area contributed by atoms with Gasteiger partial charge in [0.2, 0.25) is 0 Å². The summed E-state index contributed by atoms with van der Waals surface area (Å²) in [6, 6.07) is 8.01. The fraction of sp³-hybridized carbons (Fsp3) is 0.300. The van der Waals surface area contributed by atoms with Crippen LogP contribution in [0.15, 0.2) is 29.3 Å². The summed E-state index contributed by atoms with van der Waals surface area (Å²) in [5.41, 5.74) is 1.24. The highest BCUT2D eigenvalue weighted by atomic mass is 32.2. The lowest BCUT2D eigenvalue weighted by Crippen LogP contribution is -1.99. The summed E-state index contributed by atoms with van der Waals surface area (Å²) in [4.78, 5) is 4.21. The summed E-state index contributed by atoms with van der Waals surface area (Å²) < 4.78 is 5.54. The van der Waals surface area contributed by atoms with E-state index in [2.05, 4.69) is 11.9 Å². The first-order chi connectivity index (χ1) is 6.34. The Morgan fingerprint density at radius 1 is 1.31 bits per heavy atom.